The Morgan fingerprint density at radius 1 is 1.75 bits per heavy atom. The van der Waals surface area contributed by atoms with Crippen molar-refractivity contribution in [3.63, 3.8) is 0 Å². The van der Waals surface area contributed by atoms with E-state index in [4.69, 9.17) is 9.84 Å². The van der Waals surface area contributed by atoms with Crippen molar-refractivity contribution in [2.45, 2.75) is 32.8 Å². The molecule has 1 rings (SSSR count). The lowest BCUT2D eigenvalue weighted by Crippen LogP contribution is -2.16. The number of rotatable bonds is 2. The monoisotopic (exact) mass is 172 g/mol. The Morgan fingerprint density at radius 2 is 2.33 bits per heavy atom. The molecule has 0 saturated carbocycles. The number of carboxylic acid groups (broad SMARTS) is 1. The highest BCUT2D eigenvalue weighted by Gasteiger charge is 2.41. The van der Waals surface area contributed by atoms with Crippen LogP contribution in [0.2, 0.25) is 0 Å². The second-order valence-corrected chi connectivity index (χ2v) is 3.71. The molecule has 1 unspecified atom stereocenters. The molecule has 1 saturated heterocycles. The Labute approximate surface area is 70.5 Å². The Bertz CT molecular complexity index is 219. The summed E-state index contributed by atoms with van der Waals surface area (Å²) in [6.07, 6.45) is -0.0298. The summed E-state index contributed by atoms with van der Waals surface area (Å²) in [5.41, 5.74) is -0.514. The quantitative estimate of drug-likeness (QED) is 0.626. The SMILES string of the molecule is CC1(C)CC(CC(=O)O)OC1=O. The molecule has 0 amide bonds. The van der Waals surface area contributed by atoms with Crippen LogP contribution in [0.3, 0.4) is 0 Å². The Hall–Kier alpha value is -1.06. The first-order valence-corrected chi connectivity index (χ1v) is 3.85. The number of carbonyl (C=O) groups excluding carboxylic acids is 1. The van der Waals surface area contributed by atoms with Crippen LogP contribution < -0.4 is 0 Å². The van der Waals surface area contributed by atoms with E-state index in [9.17, 15) is 9.59 Å². The van der Waals surface area contributed by atoms with Gasteiger partial charge in [0, 0.05) is 6.42 Å². The molecule has 0 aromatic rings. The van der Waals surface area contributed by atoms with Crippen molar-refractivity contribution in [3.05, 3.63) is 0 Å². The van der Waals surface area contributed by atoms with Crippen molar-refractivity contribution in [3.8, 4) is 0 Å². The molecular formula is C8H12O4. The number of aliphatic carboxylic acids is 1. The number of hydrogen-bond donors (Lipinski definition) is 1. The van der Waals surface area contributed by atoms with Crippen molar-refractivity contribution in [2.75, 3.05) is 0 Å². The summed E-state index contributed by atoms with van der Waals surface area (Å²) >= 11 is 0. The highest BCUT2D eigenvalue weighted by molar-refractivity contribution is 5.79. The highest BCUT2D eigenvalue weighted by Crippen LogP contribution is 2.33. The molecule has 1 aliphatic heterocycles. The summed E-state index contributed by atoms with van der Waals surface area (Å²) < 4.78 is 4.87. The second-order valence-electron chi connectivity index (χ2n) is 3.71. The average molecular weight is 172 g/mol. The third-order valence-electron chi connectivity index (χ3n) is 1.97. The molecule has 0 aromatic carbocycles. The molecule has 68 valence electrons. The molecule has 1 atom stereocenters. The molecule has 12 heavy (non-hydrogen) atoms. The Balaban J connectivity index is 2.55. The molecular weight excluding hydrogens is 160 g/mol. The fourth-order valence-electron chi connectivity index (χ4n) is 1.31. The van der Waals surface area contributed by atoms with Crippen LogP contribution in [0.25, 0.3) is 0 Å². The van der Waals surface area contributed by atoms with Crippen molar-refractivity contribution < 1.29 is 19.4 Å². The minimum atomic E-state index is -0.925. The number of esters is 1. The zero-order valence-corrected chi connectivity index (χ0v) is 7.16. The van der Waals surface area contributed by atoms with Crippen LogP contribution in [0.4, 0.5) is 0 Å². The lowest BCUT2D eigenvalue weighted by atomic mass is 9.89. The highest BCUT2D eigenvalue weighted by atomic mass is 16.6. The first-order valence-electron chi connectivity index (χ1n) is 3.85. The Morgan fingerprint density at radius 3 is 2.67 bits per heavy atom. The standard InChI is InChI=1S/C8H12O4/c1-8(2)4-5(3-6(9)10)12-7(8)11/h5H,3-4H2,1-2H3,(H,9,10). The summed E-state index contributed by atoms with van der Waals surface area (Å²) in [7, 11) is 0. The van der Waals surface area contributed by atoms with E-state index in [1.165, 1.54) is 0 Å². The minimum Gasteiger partial charge on any atom is -0.481 e. The number of ether oxygens (including phenoxy) is 1. The first kappa shape index (κ1) is 9.03. The van der Waals surface area contributed by atoms with Gasteiger partial charge in [-0.15, -0.1) is 0 Å². The molecule has 0 aliphatic carbocycles. The van der Waals surface area contributed by atoms with Gasteiger partial charge in [0.2, 0.25) is 0 Å². The largest absolute Gasteiger partial charge is 0.481 e. The zero-order valence-electron chi connectivity index (χ0n) is 7.16. The van der Waals surface area contributed by atoms with E-state index < -0.39 is 17.5 Å². The van der Waals surface area contributed by atoms with Crippen molar-refractivity contribution in [1.82, 2.24) is 0 Å². The van der Waals surface area contributed by atoms with Crippen LogP contribution in [0.15, 0.2) is 0 Å². The predicted octanol–water partition coefficient (Wildman–Crippen LogP) is 0.803. The van der Waals surface area contributed by atoms with Gasteiger partial charge in [0.15, 0.2) is 0 Å². The molecule has 0 radical (unpaired) electrons. The number of cyclic esters (lactones) is 1. The predicted molar refractivity (Wildman–Crippen MR) is 40.5 cm³/mol. The molecule has 1 heterocycles. The number of carbonyl (C=O) groups is 2. The van der Waals surface area contributed by atoms with E-state index in [2.05, 4.69) is 0 Å². The maximum Gasteiger partial charge on any atom is 0.311 e. The Kier molecular flexibility index (Phi) is 2.08. The smallest absolute Gasteiger partial charge is 0.311 e. The number of hydrogen-bond acceptors (Lipinski definition) is 3. The van der Waals surface area contributed by atoms with Crippen LogP contribution in [0, 0.1) is 5.41 Å². The maximum absolute atomic E-state index is 11.1. The summed E-state index contributed by atoms with van der Waals surface area (Å²) in [6, 6.07) is 0. The fraction of sp³-hybridized carbons (Fsp3) is 0.750. The third kappa shape index (κ3) is 1.75. The summed E-state index contributed by atoms with van der Waals surface area (Å²) in [5.74, 6) is -1.22. The van der Waals surface area contributed by atoms with Crippen molar-refractivity contribution in [1.29, 1.82) is 0 Å². The summed E-state index contributed by atoms with van der Waals surface area (Å²) in [4.78, 5) is 21.4. The minimum absolute atomic E-state index is 0.0881. The molecule has 0 spiro atoms. The van der Waals surface area contributed by atoms with Gasteiger partial charge in [-0.25, -0.2) is 0 Å². The van der Waals surface area contributed by atoms with Crippen LogP contribution >= 0.6 is 0 Å². The average Bonchev–Trinajstić information content (AvgIpc) is 2.04. The maximum atomic E-state index is 11.1. The van der Waals surface area contributed by atoms with Gasteiger partial charge < -0.3 is 9.84 Å². The van der Waals surface area contributed by atoms with Gasteiger partial charge in [-0.05, 0) is 13.8 Å². The van der Waals surface area contributed by atoms with Crippen molar-refractivity contribution >= 4 is 11.9 Å². The van der Waals surface area contributed by atoms with Crippen LogP contribution in [0.5, 0.6) is 0 Å². The van der Waals surface area contributed by atoms with Crippen LogP contribution in [0.1, 0.15) is 26.7 Å². The topological polar surface area (TPSA) is 63.6 Å². The van der Waals surface area contributed by atoms with E-state index >= 15 is 0 Å². The van der Waals surface area contributed by atoms with E-state index in [1.54, 1.807) is 13.8 Å². The van der Waals surface area contributed by atoms with Gasteiger partial charge in [0.1, 0.15) is 6.10 Å². The molecule has 0 bridgehead atoms. The van der Waals surface area contributed by atoms with Gasteiger partial charge >= 0.3 is 11.9 Å². The molecule has 1 aliphatic rings. The first-order chi connectivity index (χ1) is 5.42. The zero-order chi connectivity index (χ0) is 9.35. The lowest BCUT2D eigenvalue weighted by Gasteiger charge is -2.08. The summed E-state index contributed by atoms with van der Waals surface area (Å²) in [5, 5.41) is 8.44. The molecule has 4 nitrogen and oxygen atoms in total. The van der Waals surface area contributed by atoms with Gasteiger partial charge in [-0.1, -0.05) is 0 Å². The van der Waals surface area contributed by atoms with E-state index in [-0.39, 0.29) is 12.4 Å². The molecule has 4 heteroatoms. The van der Waals surface area contributed by atoms with Gasteiger partial charge in [-0.2, -0.15) is 0 Å². The lowest BCUT2D eigenvalue weighted by molar-refractivity contribution is -0.149. The van der Waals surface area contributed by atoms with Crippen molar-refractivity contribution in [2.24, 2.45) is 5.41 Å². The van der Waals surface area contributed by atoms with Gasteiger partial charge in [0.25, 0.3) is 0 Å². The summed E-state index contributed by atoms with van der Waals surface area (Å²) in [6.45, 7) is 3.52. The normalized spacial score (nSPS) is 26.8. The molecule has 1 fully saturated rings. The van der Waals surface area contributed by atoms with Gasteiger partial charge in [0.05, 0.1) is 11.8 Å². The van der Waals surface area contributed by atoms with E-state index in [0.29, 0.717) is 6.42 Å². The van der Waals surface area contributed by atoms with Crippen LogP contribution in [-0.4, -0.2) is 23.1 Å². The third-order valence-corrected chi connectivity index (χ3v) is 1.97. The van der Waals surface area contributed by atoms with Gasteiger partial charge in [-0.3, -0.25) is 9.59 Å². The van der Waals surface area contributed by atoms with E-state index in [0.717, 1.165) is 0 Å². The molecule has 0 aromatic heterocycles. The fourth-order valence-corrected chi connectivity index (χ4v) is 1.31. The number of carboxylic acids is 1. The van der Waals surface area contributed by atoms with E-state index in [1.807, 2.05) is 0 Å². The second kappa shape index (κ2) is 2.77. The molecule has 1 N–H and O–H groups in total. The van der Waals surface area contributed by atoms with Crippen LogP contribution in [-0.2, 0) is 14.3 Å².